The third kappa shape index (κ3) is 0.956. The van der Waals surface area contributed by atoms with Crippen LogP contribution in [0.15, 0.2) is 0 Å². The Morgan fingerprint density at radius 1 is 1.40 bits per heavy atom. The predicted octanol–water partition coefficient (Wildman–Crippen LogP) is 1.32. The van der Waals surface area contributed by atoms with Gasteiger partial charge in [0, 0.05) is 6.42 Å². The Hall–Kier alpha value is -0.0800. The minimum absolute atomic E-state index is 0.758. The van der Waals surface area contributed by atoms with Crippen molar-refractivity contribution in [2.24, 2.45) is 5.92 Å². The summed E-state index contributed by atoms with van der Waals surface area (Å²) >= 11 is 0. The zero-order valence-corrected chi connectivity index (χ0v) is 6.51. The fraction of sp³-hybridized carbons (Fsp3) is 1.00. The first-order valence-electron chi connectivity index (χ1n) is 4.07. The predicted molar refractivity (Wildman–Crippen MR) is 39.0 cm³/mol. The standard InChI is InChI=1S/C8H15O2/c1-10-6-9-5-7-3-2-4-8(7)10/h7-8H,2-6H2,1H3/q+1. The minimum Gasteiger partial charge on any atom is -0.400 e. The van der Waals surface area contributed by atoms with Gasteiger partial charge in [0.25, 0.3) is 6.79 Å². The average molecular weight is 143 g/mol. The van der Waals surface area contributed by atoms with Crippen molar-refractivity contribution in [3.63, 3.8) is 0 Å². The van der Waals surface area contributed by atoms with E-state index >= 15 is 0 Å². The first-order valence-corrected chi connectivity index (χ1v) is 4.07. The first kappa shape index (κ1) is 6.62. The molecule has 2 atom stereocenters. The summed E-state index contributed by atoms with van der Waals surface area (Å²) in [7, 11) is 2.09. The van der Waals surface area contributed by atoms with E-state index in [4.69, 9.17) is 4.74 Å². The molecule has 2 heteroatoms. The van der Waals surface area contributed by atoms with E-state index in [2.05, 4.69) is 11.5 Å². The van der Waals surface area contributed by atoms with E-state index in [1.165, 1.54) is 19.3 Å². The summed E-state index contributed by atoms with van der Waals surface area (Å²) in [6.07, 6.45) is 4.86. The van der Waals surface area contributed by atoms with E-state index in [1.54, 1.807) is 0 Å². The lowest BCUT2D eigenvalue weighted by atomic mass is 10.1. The second-order valence-electron chi connectivity index (χ2n) is 3.41. The van der Waals surface area contributed by atoms with Crippen molar-refractivity contribution < 1.29 is 9.10 Å². The van der Waals surface area contributed by atoms with Gasteiger partial charge in [-0.25, -0.2) is 0 Å². The van der Waals surface area contributed by atoms with E-state index in [0.717, 1.165) is 25.4 Å². The Morgan fingerprint density at radius 3 is 3.10 bits per heavy atom. The van der Waals surface area contributed by atoms with E-state index in [-0.39, 0.29) is 0 Å². The molecule has 2 fully saturated rings. The molecule has 0 aromatic heterocycles. The van der Waals surface area contributed by atoms with Crippen LogP contribution in [-0.2, 0) is 9.10 Å². The lowest BCUT2D eigenvalue weighted by molar-refractivity contribution is -0.286. The third-order valence-electron chi connectivity index (χ3n) is 2.71. The van der Waals surface area contributed by atoms with Crippen LogP contribution in [0.4, 0.5) is 0 Å². The second kappa shape index (κ2) is 2.51. The van der Waals surface area contributed by atoms with Crippen LogP contribution >= 0.6 is 0 Å². The molecule has 0 aromatic rings. The molecule has 1 heterocycles. The molecule has 1 saturated carbocycles. The van der Waals surface area contributed by atoms with Gasteiger partial charge in [-0.05, 0) is 12.8 Å². The zero-order chi connectivity index (χ0) is 6.97. The number of ether oxygens (including phenoxy) is 1. The Bertz CT molecular complexity index is 124. The topological polar surface area (TPSA) is 11.9 Å². The lowest BCUT2D eigenvalue weighted by Gasteiger charge is -2.30. The average Bonchev–Trinajstić information content (AvgIpc) is 2.36. The SMILES string of the molecule is C[O+]1COCC2CCCC21. The van der Waals surface area contributed by atoms with Gasteiger partial charge < -0.3 is 9.10 Å². The van der Waals surface area contributed by atoms with E-state index in [0.29, 0.717) is 0 Å². The van der Waals surface area contributed by atoms with Crippen molar-refractivity contribution in [2.45, 2.75) is 25.4 Å². The summed E-state index contributed by atoms with van der Waals surface area (Å²) in [5, 5.41) is 0. The molecule has 0 aromatic carbocycles. The summed E-state index contributed by atoms with van der Waals surface area (Å²) < 4.78 is 8.49. The van der Waals surface area contributed by atoms with Crippen LogP contribution in [0.2, 0.25) is 0 Å². The Kier molecular flexibility index (Phi) is 1.66. The molecule has 0 spiro atoms. The molecule has 1 aliphatic carbocycles. The Balaban J connectivity index is 2.03. The molecule has 2 aliphatic rings. The molecule has 2 rings (SSSR count). The van der Waals surface area contributed by atoms with Crippen molar-refractivity contribution in [2.75, 3.05) is 20.5 Å². The first-order chi connectivity index (χ1) is 4.88. The molecule has 1 aliphatic heterocycles. The molecule has 2 unspecified atom stereocenters. The monoisotopic (exact) mass is 143 g/mol. The molecule has 1 saturated heterocycles. The molecule has 2 nitrogen and oxygen atoms in total. The largest absolute Gasteiger partial charge is 0.400 e. The number of hydrogen-bond donors (Lipinski definition) is 0. The summed E-state index contributed by atoms with van der Waals surface area (Å²) in [5.41, 5.74) is 0. The van der Waals surface area contributed by atoms with Gasteiger partial charge in [0.2, 0.25) is 0 Å². The van der Waals surface area contributed by atoms with Gasteiger partial charge in [0.1, 0.15) is 7.11 Å². The number of hydrogen-bond acceptors (Lipinski definition) is 1. The summed E-state index contributed by atoms with van der Waals surface area (Å²) in [5.74, 6) is 0.809. The number of rotatable bonds is 0. The fourth-order valence-electron chi connectivity index (χ4n) is 2.14. The maximum Gasteiger partial charge on any atom is 0.255 e. The Morgan fingerprint density at radius 2 is 2.30 bits per heavy atom. The highest BCUT2D eigenvalue weighted by molar-refractivity contribution is 4.80. The molecular weight excluding hydrogens is 128 g/mol. The molecule has 0 radical (unpaired) electrons. The lowest BCUT2D eigenvalue weighted by Crippen LogP contribution is -2.37. The smallest absolute Gasteiger partial charge is 0.255 e. The van der Waals surface area contributed by atoms with Crippen molar-refractivity contribution in [1.29, 1.82) is 0 Å². The van der Waals surface area contributed by atoms with Crippen LogP contribution in [0.3, 0.4) is 0 Å². The highest BCUT2D eigenvalue weighted by Crippen LogP contribution is 2.33. The van der Waals surface area contributed by atoms with Crippen molar-refractivity contribution in [3.8, 4) is 0 Å². The van der Waals surface area contributed by atoms with Gasteiger partial charge in [-0.15, -0.1) is 0 Å². The molecule has 58 valence electrons. The van der Waals surface area contributed by atoms with E-state index in [9.17, 15) is 0 Å². The fourth-order valence-corrected chi connectivity index (χ4v) is 2.14. The highest BCUT2D eigenvalue weighted by atomic mass is 16.8. The van der Waals surface area contributed by atoms with Crippen molar-refractivity contribution in [3.05, 3.63) is 0 Å². The molecule has 0 amide bonds. The van der Waals surface area contributed by atoms with Crippen molar-refractivity contribution in [1.82, 2.24) is 0 Å². The molecule has 10 heavy (non-hydrogen) atoms. The van der Waals surface area contributed by atoms with E-state index in [1.807, 2.05) is 0 Å². The second-order valence-corrected chi connectivity index (χ2v) is 3.41. The summed E-state index contributed by atoms with van der Waals surface area (Å²) in [4.78, 5) is 0. The van der Waals surface area contributed by atoms with Crippen LogP contribution < -0.4 is 0 Å². The minimum atomic E-state index is 0.758. The maximum atomic E-state index is 5.38. The molecule has 0 bridgehead atoms. The van der Waals surface area contributed by atoms with Crippen LogP contribution in [0.25, 0.3) is 0 Å². The summed E-state index contributed by atoms with van der Waals surface area (Å²) in [6, 6.07) is 0. The van der Waals surface area contributed by atoms with Gasteiger partial charge in [0.05, 0.1) is 12.5 Å². The molecular formula is C8H15O2+. The van der Waals surface area contributed by atoms with E-state index < -0.39 is 0 Å². The van der Waals surface area contributed by atoms with Crippen LogP contribution in [0.1, 0.15) is 19.3 Å². The quantitative estimate of drug-likeness (QED) is 0.466. The van der Waals surface area contributed by atoms with Gasteiger partial charge in [-0.1, -0.05) is 0 Å². The summed E-state index contributed by atoms with van der Waals surface area (Å²) in [6.45, 7) is 1.75. The zero-order valence-electron chi connectivity index (χ0n) is 6.51. The van der Waals surface area contributed by atoms with Crippen LogP contribution in [-0.4, -0.2) is 26.6 Å². The maximum absolute atomic E-state index is 5.38. The Labute approximate surface area is 61.8 Å². The van der Waals surface area contributed by atoms with Crippen LogP contribution in [0, 0.1) is 5.92 Å². The van der Waals surface area contributed by atoms with Crippen molar-refractivity contribution >= 4 is 0 Å². The normalized spacial score (nSPS) is 41.7. The van der Waals surface area contributed by atoms with Gasteiger partial charge in [-0.3, -0.25) is 0 Å². The highest BCUT2D eigenvalue weighted by Gasteiger charge is 2.38. The van der Waals surface area contributed by atoms with Gasteiger partial charge in [-0.2, -0.15) is 0 Å². The molecule has 0 N–H and O–H groups in total. The third-order valence-corrected chi connectivity index (χ3v) is 2.71. The number of fused-ring (bicyclic) bond motifs is 1. The van der Waals surface area contributed by atoms with Gasteiger partial charge >= 0.3 is 0 Å². The van der Waals surface area contributed by atoms with Crippen LogP contribution in [0.5, 0.6) is 0 Å². The van der Waals surface area contributed by atoms with Gasteiger partial charge in [0.15, 0.2) is 6.10 Å².